The van der Waals surface area contributed by atoms with E-state index in [1.54, 1.807) is 17.0 Å². The number of nitrogen functional groups attached to an aromatic ring is 1. The number of nitrogens with zero attached hydrogens (tertiary/aromatic N) is 1. The van der Waals surface area contributed by atoms with Crippen LogP contribution in [-0.2, 0) is 10.0 Å². The summed E-state index contributed by atoms with van der Waals surface area (Å²) in [4.78, 5) is 14.6. The molecule has 1 aliphatic rings. The summed E-state index contributed by atoms with van der Waals surface area (Å²) in [6.07, 6.45) is 3.86. The van der Waals surface area contributed by atoms with Crippen LogP contribution in [0.15, 0.2) is 18.2 Å². The number of sulfonamides is 1. The highest BCUT2D eigenvalue weighted by Gasteiger charge is 2.28. The number of nitrogens with two attached hydrogens (primary N) is 1. The molecule has 0 bridgehead atoms. The van der Waals surface area contributed by atoms with Gasteiger partial charge in [0.05, 0.1) is 6.26 Å². The van der Waals surface area contributed by atoms with Gasteiger partial charge in [-0.05, 0) is 43.9 Å². The standard InChI is InChI=1S/C15H23N3O3S/c1-11-6-7-12(16)9-14(11)15(19)18-8-4-3-5-13(18)10-17-22(2,20)21/h6-7,9,13,17H,3-5,8,10,16H2,1-2H3. The lowest BCUT2D eigenvalue weighted by Crippen LogP contribution is -2.49. The monoisotopic (exact) mass is 325 g/mol. The molecule has 0 aliphatic carbocycles. The first-order valence-electron chi connectivity index (χ1n) is 7.39. The number of carbonyl (C=O) groups is 1. The van der Waals surface area contributed by atoms with Gasteiger partial charge in [0.25, 0.3) is 5.91 Å². The van der Waals surface area contributed by atoms with E-state index in [4.69, 9.17) is 5.73 Å². The van der Waals surface area contributed by atoms with Crippen molar-refractivity contribution in [1.29, 1.82) is 0 Å². The second-order valence-electron chi connectivity index (χ2n) is 5.84. The third-order valence-corrected chi connectivity index (χ3v) is 4.65. The highest BCUT2D eigenvalue weighted by atomic mass is 32.2. The zero-order valence-electron chi connectivity index (χ0n) is 13.0. The van der Waals surface area contributed by atoms with Gasteiger partial charge < -0.3 is 10.6 Å². The van der Waals surface area contributed by atoms with E-state index >= 15 is 0 Å². The normalized spacial score (nSPS) is 19.2. The van der Waals surface area contributed by atoms with Gasteiger partial charge in [-0.3, -0.25) is 4.79 Å². The van der Waals surface area contributed by atoms with Gasteiger partial charge >= 0.3 is 0 Å². The summed E-state index contributed by atoms with van der Waals surface area (Å²) < 4.78 is 25.1. The minimum absolute atomic E-state index is 0.0789. The highest BCUT2D eigenvalue weighted by Crippen LogP contribution is 2.22. The SMILES string of the molecule is Cc1ccc(N)cc1C(=O)N1CCCCC1CNS(C)(=O)=O. The van der Waals surface area contributed by atoms with Gasteiger partial charge in [-0.15, -0.1) is 0 Å². The summed E-state index contributed by atoms with van der Waals surface area (Å²) in [5.74, 6) is -0.0789. The first kappa shape index (κ1) is 16.8. The Balaban J connectivity index is 2.19. The van der Waals surface area contributed by atoms with Gasteiger partial charge in [0.1, 0.15) is 0 Å². The van der Waals surface area contributed by atoms with Crippen LogP contribution in [0.1, 0.15) is 35.2 Å². The fraction of sp³-hybridized carbons (Fsp3) is 0.533. The molecule has 2 rings (SSSR count). The van der Waals surface area contributed by atoms with Crippen molar-refractivity contribution in [3.8, 4) is 0 Å². The molecule has 1 amide bonds. The number of anilines is 1. The van der Waals surface area contributed by atoms with Crippen LogP contribution in [0.25, 0.3) is 0 Å². The Morgan fingerprint density at radius 3 is 2.82 bits per heavy atom. The summed E-state index contributed by atoms with van der Waals surface area (Å²) in [5, 5.41) is 0. The number of rotatable bonds is 4. The van der Waals surface area contributed by atoms with Gasteiger partial charge in [-0.25, -0.2) is 13.1 Å². The number of piperidine rings is 1. The van der Waals surface area contributed by atoms with Crippen molar-refractivity contribution >= 4 is 21.6 Å². The maximum Gasteiger partial charge on any atom is 0.254 e. The van der Waals surface area contributed by atoms with E-state index in [0.717, 1.165) is 31.1 Å². The molecule has 1 fully saturated rings. The number of hydrogen-bond donors (Lipinski definition) is 2. The molecule has 1 heterocycles. The number of hydrogen-bond acceptors (Lipinski definition) is 4. The fourth-order valence-electron chi connectivity index (χ4n) is 2.75. The molecule has 1 aliphatic heterocycles. The van der Waals surface area contributed by atoms with Crippen LogP contribution in [0.5, 0.6) is 0 Å². The number of aryl methyl sites for hydroxylation is 1. The molecule has 1 unspecified atom stereocenters. The van der Waals surface area contributed by atoms with E-state index in [-0.39, 0.29) is 18.5 Å². The molecule has 1 aromatic carbocycles. The molecule has 1 atom stereocenters. The van der Waals surface area contributed by atoms with Crippen LogP contribution in [0.3, 0.4) is 0 Å². The average molecular weight is 325 g/mol. The first-order chi connectivity index (χ1) is 10.3. The van der Waals surface area contributed by atoms with Crippen molar-refractivity contribution < 1.29 is 13.2 Å². The molecular formula is C15H23N3O3S. The lowest BCUT2D eigenvalue weighted by Gasteiger charge is -2.36. The predicted octanol–water partition coefficient (Wildman–Crippen LogP) is 1.12. The van der Waals surface area contributed by atoms with E-state index < -0.39 is 10.0 Å². The maximum absolute atomic E-state index is 12.8. The molecule has 3 N–H and O–H groups in total. The van der Waals surface area contributed by atoms with Crippen LogP contribution in [0.4, 0.5) is 5.69 Å². The Morgan fingerprint density at radius 2 is 2.14 bits per heavy atom. The van der Waals surface area contributed by atoms with E-state index in [1.807, 2.05) is 13.0 Å². The number of nitrogens with one attached hydrogen (secondary N) is 1. The van der Waals surface area contributed by atoms with Crippen LogP contribution in [-0.4, -0.2) is 44.6 Å². The lowest BCUT2D eigenvalue weighted by molar-refractivity contribution is 0.0618. The van der Waals surface area contributed by atoms with Gasteiger partial charge in [0, 0.05) is 30.4 Å². The summed E-state index contributed by atoms with van der Waals surface area (Å²) >= 11 is 0. The number of benzene rings is 1. The Morgan fingerprint density at radius 1 is 1.41 bits per heavy atom. The molecule has 0 saturated carbocycles. The summed E-state index contributed by atoms with van der Waals surface area (Å²) in [6, 6.07) is 5.17. The Hall–Kier alpha value is -1.60. The zero-order valence-corrected chi connectivity index (χ0v) is 13.8. The topological polar surface area (TPSA) is 92.5 Å². The Kier molecular flexibility index (Phi) is 5.08. The third kappa shape index (κ3) is 4.20. The molecule has 6 nitrogen and oxygen atoms in total. The molecule has 0 aromatic heterocycles. The summed E-state index contributed by atoms with van der Waals surface area (Å²) in [6.45, 7) is 2.77. The highest BCUT2D eigenvalue weighted by molar-refractivity contribution is 7.88. The minimum Gasteiger partial charge on any atom is -0.399 e. The Bertz CT molecular complexity index is 658. The first-order valence-corrected chi connectivity index (χ1v) is 9.29. The van der Waals surface area contributed by atoms with Gasteiger partial charge in [-0.1, -0.05) is 6.07 Å². The van der Waals surface area contributed by atoms with Gasteiger partial charge in [0.2, 0.25) is 10.0 Å². The van der Waals surface area contributed by atoms with Crippen molar-refractivity contribution in [3.63, 3.8) is 0 Å². The molecule has 1 aromatic rings. The minimum atomic E-state index is -3.26. The van der Waals surface area contributed by atoms with Crippen molar-refractivity contribution in [1.82, 2.24) is 9.62 Å². The molecule has 0 spiro atoms. The second-order valence-corrected chi connectivity index (χ2v) is 7.68. The van der Waals surface area contributed by atoms with E-state index in [0.29, 0.717) is 17.8 Å². The quantitative estimate of drug-likeness (QED) is 0.811. The fourth-order valence-corrected chi connectivity index (χ4v) is 3.25. The van der Waals surface area contributed by atoms with Crippen LogP contribution in [0.2, 0.25) is 0 Å². The van der Waals surface area contributed by atoms with Crippen LogP contribution >= 0.6 is 0 Å². The van der Waals surface area contributed by atoms with Gasteiger partial charge in [0.15, 0.2) is 0 Å². The molecule has 122 valence electrons. The largest absolute Gasteiger partial charge is 0.399 e. The number of carbonyl (C=O) groups excluding carboxylic acids is 1. The number of likely N-dealkylation sites (tertiary alicyclic amines) is 1. The summed E-state index contributed by atoms with van der Waals surface area (Å²) in [5.41, 5.74) is 7.80. The van der Waals surface area contributed by atoms with Crippen molar-refractivity contribution in [2.45, 2.75) is 32.2 Å². The van der Waals surface area contributed by atoms with E-state index in [1.165, 1.54) is 0 Å². The number of amides is 1. The zero-order chi connectivity index (χ0) is 16.3. The van der Waals surface area contributed by atoms with Crippen molar-refractivity contribution in [2.24, 2.45) is 0 Å². The average Bonchev–Trinajstić information content (AvgIpc) is 2.46. The molecule has 22 heavy (non-hydrogen) atoms. The van der Waals surface area contributed by atoms with Crippen molar-refractivity contribution in [2.75, 3.05) is 25.1 Å². The Labute approximate surface area is 131 Å². The van der Waals surface area contributed by atoms with E-state index in [2.05, 4.69) is 4.72 Å². The van der Waals surface area contributed by atoms with Gasteiger partial charge in [-0.2, -0.15) is 0 Å². The van der Waals surface area contributed by atoms with E-state index in [9.17, 15) is 13.2 Å². The molecule has 1 saturated heterocycles. The van der Waals surface area contributed by atoms with Crippen molar-refractivity contribution in [3.05, 3.63) is 29.3 Å². The van der Waals surface area contributed by atoms with Crippen LogP contribution < -0.4 is 10.5 Å². The van der Waals surface area contributed by atoms with Crippen LogP contribution in [0, 0.1) is 6.92 Å². The molecule has 7 heteroatoms. The maximum atomic E-state index is 12.8. The molecular weight excluding hydrogens is 302 g/mol. The smallest absolute Gasteiger partial charge is 0.254 e. The second kappa shape index (κ2) is 6.66. The third-order valence-electron chi connectivity index (χ3n) is 3.96. The predicted molar refractivity (Wildman–Crippen MR) is 87.1 cm³/mol. The molecule has 0 radical (unpaired) electrons. The lowest BCUT2D eigenvalue weighted by atomic mass is 9.99. The summed E-state index contributed by atoms with van der Waals surface area (Å²) in [7, 11) is -3.26.